The van der Waals surface area contributed by atoms with Crippen LogP contribution in [-0.4, -0.2) is 45.3 Å². The molecule has 0 amide bonds. The van der Waals surface area contributed by atoms with Crippen molar-refractivity contribution in [3.63, 3.8) is 0 Å². The zero-order valence-corrected chi connectivity index (χ0v) is 20.9. The number of methoxy groups -OCH3 is 2. The summed E-state index contributed by atoms with van der Waals surface area (Å²) in [6.45, 7) is 0. The van der Waals surface area contributed by atoms with Crippen molar-refractivity contribution in [3.05, 3.63) is 96.1 Å². The molecule has 8 nitrogen and oxygen atoms in total. The van der Waals surface area contributed by atoms with Gasteiger partial charge in [-0.3, -0.25) is 9.98 Å². The molecule has 0 fully saturated rings. The lowest BCUT2D eigenvalue weighted by molar-refractivity contribution is 0.414. The summed E-state index contributed by atoms with van der Waals surface area (Å²) in [4.78, 5) is 8.37. The topological polar surface area (TPSA) is 118 Å². The van der Waals surface area contributed by atoms with Crippen molar-refractivity contribution in [2.24, 2.45) is 9.98 Å². The monoisotopic (exact) mass is 516 g/mol. The molecule has 0 spiro atoms. The Kier molecular flexibility index (Phi) is 7.55. The highest BCUT2D eigenvalue weighted by Gasteiger charge is 2.20. The molecule has 0 heterocycles. The number of benzene rings is 4. The number of rotatable bonds is 8. The standard InChI is InChI=1S/C28H24N2O6S/c1-35-21-7-3-19(4-8-21)17-29-25-15-23(11-13-27(25)31)37(33,34)24-12-14-28(32)26(16-24)30-18-20-5-9-22(36-2)10-6-20/h3-18,31-32H,1-2H3. The molecule has 0 radical (unpaired) electrons. The second kappa shape index (κ2) is 11.0. The fourth-order valence-electron chi connectivity index (χ4n) is 3.35. The Balaban J connectivity index is 1.62. The van der Waals surface area contributed by atoms with Gasteiger partial charge in [0.1, 0.15) is 34.4 Å². The quantitative estimate of drug-likeness (QED) is 0.301. The molecular weight excluding hydrogens is 492 g/mol. The van der Waals surface area contributed by atoms with Crippen LogP contribution in [-0.2, 0) is 9.84 Å². The number of ether oxygens (including phenoxy) is 2. The Bertz CT molecular complexity index is 1450. The van der Waals surface area contributed by atoms with Gasteiger partial charge in [-0.15, -0.1) is 0 Å². The third-order valence-corrected chi connectivity index (χ3v) is 7.20. The zero-order valence-electron chi connectivity index (χ0n) is 20.1. The van der Waals surface area contributed by atoms with Crippen LogP contribution >= 0.6 is 0 Å². The van der Waals surface area contributed by atoms with Crippen LogP contribution < -0.4 is 9.47 Å². The fourth-order valence-corrected chi connectivity index (χ4v) is 4.65. The van der Waals surface area contributed by atoms with Crippen LogP contribution in [0.3, 0.4) is 0 Å². The Hall–Kier alpha value is -4.63. The summed E-state index contributed by atoms with van der Waals surface area (Å²) < 4.78 is 37.0. The molecular formula is C28H24N2O6S. The number of hydrogen-bond acceptors (Lipinski definition) is 8. The summed E-state index contributed by atoms with van der Waals surface area (Å²) in [5, 5.41) is 20.5. The minimum Gasteiger partial charge on any atom is -0.506 e. The van der Waals surface area contributed by atoms with E-state index in [4.69, 9.17) is 9.47 Å². The van der Waals surface area contributed by atoms with E-state index < -0.39 is 9.84 Å². The van der Waals surface area contributed by atoms with Crippen molar-refractivity contribution in [3.8, 4) is 23.0 Å². The summed E-state index contributed by atoms with van der Waals surface area (Å²) in [7, 11) is -0.871. The van der Waals surface area contributed by atoms with E-state index in [0.29, 0.717) is 11.5 Å². The lowest BCUT2D eigenvalue weighted by Gasteiger charge is -2.08. The second-order valence-electron chi connectivity index (χ2n) is 7.87. The SMILES string of the molecule is COc1ccc(C=Nc2cc(S(=O)(=O)c3ccc(O)c(N=Cc4ccc(OC)cc4)c3)ccc2O)cc1. The first-order valence-corrected chi connectivity index (χ1v) is 12.6. The first kappa shape index (κ1) is 25.5. The molecule has 0 bridgehead atoms. The van der Waals surface area contributed by atoms with E-state index in [1.165, 1.54) is 48.8 Å². The molecule has 4 aromatic carbocycles. The van der Waals surface area contributed by atoms with E-state index in [-0.39, 0.29) is 32.7 Å². The van der Waals surface area contributed by atoms with Gasteiger partial charge < -0.3 is 19.7 Å². The highest BCUT2D eigenvalue weighted by Crippen LogP contribution is 2.35. The molecule has 2 N–H and O–H groups in total. The van der Waals surface area contributed by atoms with Crippen molar-refractivity contribution in [2.45, 2.75) is 9.79 Å². The number of phenolic OH excluding ortho intramolecular Hbond substituents is 2. The number of aromatic hydroxyl groups is 2. The van der Waals surface area contributed by atoms with Gasteiger partial charge in [-0.2, -0.15) is 0 Å². The van der Waals surface area contributed by atoms with Crippen LogP contribution in [0.25, 0.3) is 0 Å². The average Bonchev–Trinajstić information content (AvgIpc) is 2.92. The van der Waals surface area contributed by atoms with E-state index in [0.717, 1.165) is 11.1 Å². The largest absolute Gasteiger partial charge is 0.506 e. The molecule has 9 heteroatoms. The molecule has 0 aliphatic rings. The predicted molar refractivity (Wildman–Crippen MR) is 142 cm³/mol. The van der Waals surface area contributed by atoms with Crippen LogP contribution in [0.5, 0.6) is 23.0 Å². The van der Waals surface area contributed by atoms with Gasteiger partial charge in [-0.05, 0) is 96.1 Å². The summed E-state index contributed by atoms with van der Waals surface area (Å²) in [5.74, 6) is 1.04. The minimum atomic E-state index is -4.00. The third-order valence-electron chi connectivity index (χ3n) is 5.45. The number of hydrogen-bond donors (Lipinski definition) is 2. The molecule has 0 aliphatic carbocycles. The minimum absolute atomic E-state index is 0.0667. The van der Waals surface area contributed by atoms with E-state index in [1.807, 2.05) is 0 Å². The van der Waals surface area contributed by atoms with E-state index in [9.17, 15) is 18.6 Å². The lowest BCUT2D eigenvalue weighted by Crippen LogP contribution is -2.01. The first-order valence-electron chi connectivity index (χ1n) is 11.1. The summed E-state index contributed by atoms with van der Waals surface area (Å²) in [6.07, 6.45) is 3.02. The van der Waals surface area contributed by atoms with Gasteiger partial charge in [0.2, 0.25) is 9.84 Å². The van der Waals surface area contributed by atoms with E-state index in [2.05, 4.69) is 9.98 Å². The number of sulfone groups is 1. The fraction of sp³-hybridized carbons (Fsp3) is 0.0714. The first-order chi connectivity index (χ1) is 17.8. The van der Waals surface area contributed by atoms with Crippen molar-refractivity contribution in [1.82, 2.24) is 0 Å². The summed E-state index contributed by atoms with van der Waals surface area (Å²) in [6, 6.07) is 21.9. The van der Waals surface area contributed by atoms with Crippen LogP contribution in [0.1, 0.15) is 11.1 Å². The van der Waals surface area contributed by atoms with Gasteiger partial charge in [0.05, 0.1) is 24.0 Å². The summed E-state index contributed by atoms with van der Waals surface area (Å²) in [5.41, 5.74) is 1.67. The predicted octanol–water partition coefficient (Wildman–Crippen LogP) is 5.45. The Morgan fingerprint density at radius 2 is 1.00 bits per heavy atom. The number of phenols is 2. The van der Waals surface area contributed by atoms with Crippen LogP contribution in [0.2, 0.25) is 0 Å². The van der Waals surface area contributed by atoms with Crippen molar-refractivity contribution < 1.29 is 28.1 Å². The van der Waals surface area contributed by atoms with Crippen LogP contribution in [0.15, 0.2) is 105 Å². The zero-order chi connectivity index (χ0) is 26.4. The highest BCUT2D eigenvalue weighted by molar-refractivity contribution is 7.91. The molecule has 4 aromatic rings. The highest BCUT2D eigenvalue weighted by atomic mass is 32.2. The third kappa shape index (κ3) is 5.96. The van der Waals surface area contributed by atoms with Crippen molar-refractivity contribution in [2.75, 3.05) is 14.2 Å². The van der Waals surface area contributed by atoms with Gasteiger partial charge in [0.15, 0.2) is 0 Å². The van der Waals surface area contributed by atoms with Gasteiger partial charge in [-0.1, -0.05) is 0 Å². The molecule has 188 valence electrons. The van der Waals surface area contributed by atoms with Crippen molar-refractivity contribution >= 4 is 33.6 Å². The van der Waals surface area contributed by atoms with Gasteiger partial charge >= 0.3 is 0 Å². The molecule has 0 aliphatic heterocycles. The molecule has 0 saturated carbocycles. The molecule has 37 heavy (non-hydrogen) atoms. The number of aliphatic imine (C=N–C) groups is 2. The maximum absolute atomic E-state index is 13.4. The molecule has 0 aromatic heterocycles. The molecule has 4 rings (SSSR count). The Morgan fingerprint density at radius 3 is 1.35 bits per heavy atom. The Labute approximate surface area is 214 Å². The lowest BCUT2D eigenvalue weighted by atomic mass is 10.2. The van der Waals surface area contributed by atoms with Gasteiger partial charge in [-0.25, -0.2) is 8.42 Å². The smallest absolute Gasteiger partial charge is 0.206 e. The van der Waals surface area contributed by atoms with Gasteiger partial charge in [0, 0.05) is 12.4 Å². The maximum Gasteiger partial charge on any atom is 0.206 e. The second-order valence-corrected chi connectivity index (χ2v) is 9.82. The van der Waals surface area contributed by atoms with Crippen LogP contribution in [0, 0.1) is 0 Å². The Morgan fingerprint density at radius 1 is 0.622 bits per heavy atom. The maximum atomic E-state index is 13.4. The normalized spacial score (nSPS) is 11.7. The van der Waals surface area contributed by atoms with E-state index in [1.54, 1.807) is 62.8 Å². The van der Waals surface area contributed by atoms with E-state index >= 15 is 0 Å². The van der Waals surface area contributed by atoms with Gasteiger partial charge in [0.25, 0.3) is 0 Å². The molecule has 0 atom stereocenters. The van der Waals surface area contributed by atoms with Crippen molar-refractivity contribution in [1.29, 1.82) is 0 Å². The summed E-state index contributed by atoms with van der Waals surface area (Å²) >= 11 is 0. The number of nitrogens with zero attached hydrogens (tertiary/aromatic N) is 2. The molecule has 0 saturated heterocycles. The van der Waals surface area contributed by atoms with Crippen LogP contribution in [0.4, 0.5) is 11.4 Å². The molecule has 0 unspecified atom stereocenters. The average molecular weight is 517 g/mol.